The van der Waals surface area contributed by atoms with Crippen LogP contribution in [0.4, 0.5) is 0 Å². The number of likely N-dealkylation sites (N-methyl/N-ethyl adjacent to an activating group) is 1. The Morgan fingerprint density at radius 2 is 1.50 bits per heavy atom. The van der Waals surface area contributed by atoms with Gasteiger partial charge in [-0.15, -0.1) is 0 Å². The maximum absolute atomic E-state index is 2.40. The highest BCUT2D eigenvalue weighted by molar-refractivity contribution is 5.48. The number of nitrogens with zero attached hydrogens (tertiary/aromatic N) is 1. The van der Waals surface area contributed by atoms with Gasteiger partial charge in [0.05, 0.1) is 20.6 Å². The van der Waals surface area contributed by atoms with Gasteiger partial charge in [-0.2, -0.15) is 0 Å². The zero-order chi connectivity index (χ0) is 21.1. The summed E-state index contributed by atoms with van der Waals surface area (Å²) in [6, 6.07) is 22.4. The average Bonchev–Trinajstić information content (AvgIpc) is 2.78. The van der Waals surface area contributed by atoms with Crippen LogP contribution >= 0.6 is 0 Å². The highest BCUT2D eigenvalue weighted by atomic mass is 15.3. The van der Waals surface area contributed by atoms with Crippen LogP contribution in [0.25, 0.3) is 6.08 Å². The molecule has 1 heteroatoms. The molecular weight excluding hydrogens is 362 g/mol. The maximum atomic E-state index is 2.40. The minimum Gasteiger partial charge on any atom is -0.319 e. The molecule has 1 aliphatic carbocycles. The predicted molar refractivity (Wildman–Crippen MR) is 131 cm³/mol. The third kappa shape index (κ3) is 7.43. The summed E-state index contributed by atoms with van der Waals surface area (Å²) in [4.78, 5) is 0. The van der Waals surface area contributed by atoms with Gasteiger partial charge in [0.2, 0.25) is 0 Å². The van der Waals surface area contributed by atoms with Crippen molar-refractivity contribution in [2.45, 2.75) is 70.3 Å². The molecule has 0 spiro atoms. The quantitative estimate of drug-likeness (QED) is 0.262. The SMILES string of the molecule is C[N+](C)(CC=Cc1ccccc1)C(CCCCCC1CCCCC1)c1ccccc1. The van der Waals surface area contributed by atoms with E-state index < -0.39 is 0 Å². The van der Waals surface area contributed by atoms with Crippen LogP contribution in [-0.4, -0.2) is 25.1 Å². The molecule has 1 atom stereocenters. The summed E-state index contributed by atoms with van der Waals surface area (Å²) in [6.07, 6.45) is 18.9. The first-order valence-corrected chi connectivity index (χ1v) is 12.2. The second-order valence-electron chi connectivity index (χ2n) is 9.84. The van der Waals surface area contributed by atoms with Crippen molar-refractivity contribution in [3.05, 3.63) is 77.9 Å². The van der Waals surface area contributed by atoms with E-state index in [-0.39, 0.29) is 0 Å². The van der Waals surface area contributed by atoms with Crippen molar-refractivity contribution < 1.29 is 4.48 Å². The van der Waals surface area contributed by atoms with E-state index in [1.165, 1.54) is 75.3 Å². The van der Waals surface area contributed by atoms with Gasteiger partial charge < -0.3 is 4.48 Å². The van der Waals surface area contributed by atoms with Gasteiger partial charge in [0.1, 0.15) is 6.04 Å². The summed E-state index contributed by atoms with van der Waals surface area (Å²) in [5.74, 6) is 1.03. The van der Waals surface area contributed by atoms with Crippen LogP contribution in [0.5, 0.6) is 0 Å². The van der Waals surface area contributed by atoms with Crippen molar-refractivity contribution in [3.63, 3.8) is 0 Å². The first-order valence-electron chi connectivity index (χ1n) is 12.2. The zero-order valence-electron chi connectivity index (χ0n) is 19.3. The number of rotatable bonds is 11. The van der Waals surface area contributed by atoms with Gasteiger partial charge in [-0.1, -0.05) is 118 Å². The van der Waals surface area contributed by atoms with E-state index in [9.17, 15) is 0 Å². The lowest BCUT2D eigenvalue weighted by Gasteiger charge is -2.38. The van der Waals surface area contributed by atoms with Gasteiger partial charge in [-0.3, -0.25) is 0 Å². The number of benzene rings is 2. The molecule has 0 amide bonds. The molecule has 1 unspecified atom stereocenters. The summed E-state index contributed by atoms with van der Waals surface area (Å²) in [5.41, 5.74) is 2.78. The molecule has 2 aromatic rings. The molecule has 0 N–H and O–H groups in total. The number of hydrogen-bond donors (Lipinski definition) is 0. The fourth-order valence-electron chi connectivity index (χ4n) is 5.17. The van der Waals surface area contributed by atoms with E-state index in [1.807, 2.05) is 0 Å². The van der Waals surface area contributed by atoms with E-state index in [0.717, 1.165) is 16.9 Å². The fourth-order valence-corrected chi connectivity index (χ4v) is 5.17. The molecule has 0 heterocycles. The Morgan fingerprint density at radius 1 is 0.833 bits per heavy atom. The average molecular weight is 405 g/mol. The van der Waals surface area contributed by atoms with E-state index in [2.05, 4.69) is 86.9 Å². The van der Waals surface area contributed by atoms with Crippen molar-refractivity contribution in [1.82, 2.24) is 0 Å². The van der Waals surface area contributed by atoms with E-state index in [0.29, 0.717) is 6.04 Å². The summed E-state index contributed by atoms with van der Waals surface area (Å²) in [5, 5.41) is 0. The standard InChI is InChI=1S/C29H42N/c1-30(2,25-15-21-27-19-9-4-10-20-27)29(28-22-12-6-13-23-28)24-14-5-11-18-26-16-7-3-8-17-26/h4,6,9-10,12-13,15,19-23,26,29H,3,5,7-8,11,14,16-18,24-25H2,1-2H3/q+1. The minimum absolute atomic E-state index is 0.557. The van der Waals surface area contributed by atoms with Crippen molar-refractivity contribution in [1.29, 1.82) is 0 Å². The molecule has 1 saturated carbocycles. The first-order chi connectivity index (χ1) is 14.6. The Bertz CT molecular complexity index is 725. The van der Waals surface area contributed by atoms with Gasteiger partial charge in [0, 0.05) is 12.0 Å². The van der Waals surface area contributed by atoms with Crippen LogP contribution in [0.15, 0.2) is 66.7 Å². The third-order valence-corrected chi connectivity index (χ3v) is 7.03. The monoisotopic (exact) mass is 404 g/mol. The van der Waals surface area contributed by atoms with Crippen molar-refractivity contribution >= 4 is 6.08 Å². The molecule has 30 heavy (non-hydrogen) atoms. The molecule has 2 aromatic carbocycles. The second-order valence-corrected chi connectivity index (χ2v) is 9.84. The van der Waals surface area contributed by atoms with Crippen LogP contribution in [0.1, 0.15) is 81.4 Å². The number of unbranched alkanes of at least 4 members (excludes halogenated alkanes) is 2. The molecule has 162 valence electrons. The lowest BCUT2D eigenvalue weighted by Crippen LogP contribution is -2.43. The largest absolute Gasteiger partial charge is 0.319 e. The van der Waals surface area contributed by atoms with Gasteiger partial charge in [0.15, 0.2) is 0 Å². The van der Waals surface area contributed by atoms with E-state index in [1.54, 1.807) is 0 Å². The Kier molecular flexibility index (Phi) is 9.21. The Morgan fingerprint density at radius 3 is 2.20 bits per heavy atom. The second kappa shape index (κ2) is 12.1. The minimum atomic E-state index is 0.557. The maximum Gasteiger partial charge on any atom is 0.114 e. The third-order valence-electron chi connectivity index (χ3n) is 7.03. The molecule has 0 bridgehead atoms. The summed E-state index contributed by atoms with van der Waals surface area (Å²) < 4.78 is 1.01. The highest BCUT2D eigenvalue weighted by Gasteiger charge is 2.28. The molecular formula is C29H42N+. The Hall–Kier alpha value is -1.86. The molecule has 1 nitrogen and oxygen atoms in total. The van der Waals surface area contributed by atoms with Crippen molar-refractivity contribution in [2.75, 3.05) is 20.6 Å². The predicted octanol–water partition coefficient (Wildman–Crippen LogP) is 8.05. The van der Waals surface area contributed by atoms with Crippen molar-refractivity contribution in [3.8, 4) is 0 Å². The fraction of sp³-hybridized carbons (Fsp3) is 0.517. The van der Waals surface area contributed by atoms with Crippen molar-refractivity contribution in [2.24, 2.45) is 5.92 Å². The zero-order valence-corrected chi connectivity index (χ0v) is 19.3. The Balaban J connectivity index is 1.54. The molecule has 1 aliphatic rings. The van der Waals surface area contributed by atoms with E-state index in [4.69, 9.17) is 0 Å². The smallest absolute Gasteiger partial charge is 0.114 e. The van der Waals surface area contributed by atoms with Crippen LogP contribution in [0.2, 0.25) is 0 Å². The van der Waals surface area contributed by atoms with Gasteiger partial charge in [-0.05, 0) is 24.0 Å². The Labute approximate surface area is 185 Å². The molecule has 0 radical (unpaired) electrons. The van der Waals surface area contributed by atoms with E-state index >= 15 is 0 Å². The summed E-state index contributed by atoms with van der Waals surface area (Å²) in [6.45, 7) is 1.05. The topological polar surface area (TPSA) is 0 Å². The molecule has 1 fully saturated rings. The molecule has 0 saturated heterocycles. The molecule has 0 aliphatic heterocycles. The molecule has 0 aromatic heterocycles. The summed E-state index contributed by atoms with van der Waals surface area (Å²) in [7, 11) is 4.80. The van der Waals surface area contributed by atoms with Crippen LogP contribution < -0.4 is 0 Å². The highest BCUT2D eigenvalue weighted by Crippen LogP contribution is 2.32. The normalized spacial score (nSPS) is 16.7. The van der Waals surface area contributed by atoms with Crippen LogP contribution in [0, 0.1) is 5.92 Å². The van der Waals surface area contributed by atoms with Gasteiger partial charge in [0.25, 0.3) is 0 Å². The lowest BCUT2D eigenvalue weighted by molar-refractivity contribution is -0.916. The lowest BCUT2D eigenvalue weighted by atomic mass is 9.85. The molecule has 3 rings (SSSR count). The number of quaternary nitrogens is 1. The van der Waals surface area contributed by atoms with Crippen LogP contribution in [0.3, 0.4) is 0 Å². The van der Waals surface area contributed by atoms with Crippen LogP contribution in [-0.2, 0) is 0 Å². The first kappa shape index (κ1) is 22.8. The van der Waals surface area contributed by atoms with Gasteiger partial charge in [-0.25, -0.2) is 0 Å². The van der Waals surface area contributed by atoms with Gasteiger partial charge >= 0.3 is 0 Å². The number of hydrogen-bond acceptors (Lipinski definition) is 0. The summed E-state index contributed by atoms with van der Waals surface area (Å²) >= 11 is 0.